The molecule has 8 heteroatoms. The van der Waals surface area contributed by atoms with Crippen LogP contribution in [-0.2, 0) is 20.8 Å². The second-order valence-corrected chi connectivity index (χ2v) is 6.66. The molecule has 0 radical (unpaired) electrons. The molecule has 1 heterocycles. The molecule has 0 unspecified atom stereocenters. The van der Waals surface area contributed by atoms with Crippen molar-refractivity contribution < 1.29 is 23.9 Å². The van der Waals surface area contributed by atoms with Gasteiger partial charge in [-0.1, -0.05) is 24.3 Å². The Kier molecular flexibility index (Phi) is 6.71. The number of primary amides is 1. The van der Waals surface area contributed by atoms with Gasteiger partial charge in [-0.25, -0.2) is 5.01 Å². The second kappa shape index (κ2) is 9.62. The molecule has 0 bridgehead atoms. The van der Waals surface area contributed by atoms with Gasteiger partial charge in [0, 0.05) is 5.56 Å². The van der Waals surface area contributed by atoms with E-state index in [2.05, 4.69) is 12.0 Å². The van der Waals surface area contributed by atoms with E-state index in [9.17, 15) is 14.4 Å². The molecule has 0 saturated carbocycles. The van der Waals surface area contributed by atoms with E-state index in [0.29, 0.717) is 41.3 Å². The van der Waals surface area contributed by atoms with Crippen LogP contribution < -0.4 is 25.6 Å². The van der Waals surface area contributed by atoms with Crippen molar-refractivity contribution >= 4 is 29.5 Å². The molecule has 160 valence electrons. The molecule has 2 aromatic carbocycles. The second-order valence-electron chi connectivity index (χ2n) is 6.66. The first-order valence-electron chi connectivity index (χ1n) is 9.68. The van der Waals surface area contributed by atoms with Gasteiger partial charge >= 0.3 is 0 Å². The first kappa shape index (κ1) is 21.6. The Morgan fingerprint density at radius 2 is 1.94 bits per heavy atom. The molecule has 3 N–H and O–H groups in total. The minimum Gasteiger partial charge on any atom is -0.490 e. The predicted molar refractivity (Wildman–Crippen MR) is 116 cm³/mol. The molecule has 3 rings (SSSR count). The lowest BCUT2D eigenvalue weighted by atomic mass is 10.0. The number of hydrazine groups is 1. The number of nitrogens with two attached hydrogens (primary N) is 1. The zero-order valence-electron chi connectivity index (χ0n) is 17.1. The summed E-state index contributed by atoms with van der Waals surface area (Å²) in [5, 5.41) is 1.20. The van der Waals surface area contributed by atoms with Gasteiger partial charge < -0.3 is 15.2 Å². The third kappa shape index (κ3) is 4.92. The summed E-state index contributed by atoms with van der Waals surface area (Å²) in [6, 6.07) is 12.2. The van der Waals surface area contributed by atoms with Gasteiger partial charge in [-0.05, 0) is 49.2 Å². The molecule has 0 atom stereocenters. The van der Waals surface area contributed by atoms with Gasteiger partial charge in [0.05, 0.1) is 12.3 Å². The molecule has 0 aromatic heterocycles. The van der Waals surface area contributed by atoms with Crippen molar-refractivity contribution in [1.29, 1.82) is 0 Å². The molecule has 3 amide bonds. The van der Waals surface area contributed by atoms with E-state index in [1.165, 1.54) is 11.1 Å². The fraction of sp³-hybridized carbons (Fsp3) is 0.174. The average molecular weight is 421 g/mol. The Labute approximate surface area is 179 Å². The Balaban J connectivity index is 2.00. The lowest BCUT2D eigenvalue weighted by Gasteiger charge is -2.16. The van der Waals surface area contributed by atoms with Crippen LogP contribution in [0.4, 0.5) is 5.69 Å². The lowest BCUT2D eigenvalue weighted by Crippen LogP contribution is -2.35. The number of hydrogen-bond donors (Lipinski definition) is 2. The predicted octanol–water partition coefficient (Wildman–Crippen LogP) is 2.14. The van der Waals surface area contributed by atoms with E-state index in [-0.39, 0.29) is 12.2 Å². The van der Waals surface area contributed by atoms with Gasteiger partial charge in [-0.2, -0.15) is 0 Å². The number of hydrogen-bond acceptors (Lipinski definition) is 5. The van der Waals surface area contributed by atoms with Gasteiger partial charge in [0.1, 0.15) is 5.57 Å². The van der Waals surface area contributed by atoms with Gasteiger partial charge in [-0.3, -0.25) is 19.8 Å². The van der Waals surface area contributed by atoms with Crippen LogP contribution in [0, 0.1) is 0 Å². The van der Waals surface area contributed by atoms with E-state index in [4.69, 9.17) is 15.2 Å². The molecule has 2 aromatic rings. The van der Waals surface area contributed by atoms with Crippen LogP contribution in [-0.4, -0.2) is 30.9 Å². The standard InChI is InChI=1S/C23H23N3O5/c1-3-8-16-11-15(13-19(30-4-2)21(16)31-14-20(24)27)12-18-22(28)25-26(23(18)29)17-9-6-5-7-10-17/h3,5-7,9-13H,1,4,8,14H2,2H3,(H2,24,27)(H,25,28)/b18-12-. The SMILES string of the molecule is C=CCc1cc(/C=C2/C(=O)NN(c3ccccc3)C2=O)cc(OCC)c1OCC(N)=O. The highest BCUT2D eigenvalue weighted by Crippen LogP contribution is 2.35. The third-order valence-corrected chi connectivity index (χ3v) is 4.39. The molecular weight excluding hydrogens is 398 g/mol. The van der Waals surface area contributed by atoms with Crippen molar-refractivity contribution in [2.24, 2.45) is 5.73 Å². The first-order chi connectivity index (χ1) is 14.9. The van der Waals surface area contributed by atoms with Crippen LogP contribution in [0.2, 0.25) is 0 Å². The van der Waals surface area contributed by atoms with Crippen LogP contribution in [0.3, 0.4) is 0 Å². The molecule has 1 aliphatic rings. The summed E-state index contributed by atoms with van der Waals surface area (Å²) >= 11 is 0. The zero-order chi connectivity index (χ0) is 22.4. The summed E-state index contributed by atoms with van der Waals surface area (Å²) in [6.45, 7) is 5.59. The maximum absolute atomic E-state index is 12.8. The molecule has 0 spiro atoms. The Morgan fingerprint density at radius 3 is 2.58 bits per heavy atom. The van der Waals surface area contributed by atoms with Crippen LogP contribution in [0.5, 0.6) is 11.5 Å². The van der Waals surface area contributed by atoms with Gasteiger partial charge in [0.2, 0.25) is 0 Å². The minimum atomic E-state index is -0.618. The van der Waals surface area contributed by atoms with Gasteiger partial charge in [0.25, 0.3) is 17.7 Å². The van der Waals surface area contributed by atoms with Crippen molar-refractivity contribution in [2.45, 2.75) is 13.3 Å². The monoisotopic (exact) mass is 421 g/mol. The molecular formula is C23H23N3O5. The Morgan fingerprint density at radius 1 is 1.19 bits per heavy atom. The van der Waals surface area contributed by atoms with E-state index < -0.39 is 17.7 Å². The number of para-hydroxylation sites is 1. The molecule has 0 aliphatic carbocycles. The van der Waals surface area contributed by atoms with Crippen molar-refractivity contribution in [3.05, 3.63) is 71.8 Å². The normalized spacial score (nSPS) is 14.5. The largest absolute Gasteiger partial charge is 0.490 e. The molecule has 8 nitrogen and oxygen atoms in total. The summed E-state index contributed by atoms with van der Waals surface area (Å²) in [4.78, 5) is 36.5. The summed E-state index contributed by atoms with van der Waals surface area (Å²) < 4.78 is 11.2. The maximum atomic E-state index is 12.8. The summed E-state index contributed by atoms with van der Waals surface area (Å²) in [7, 11) is 0. The van der Waals surface area contributed by atoms with Crippen LogP contribution in [0.25, 0.3) is 6.08 Å². The smallest absolute Gasteiger partial charge is 0.282 e. The van der Waals surface area contributed by atoms with E-state index >= 15 is 0 Å². The first-order valence-corrected chi connectivity index (χ1v) is 9.68. The summed E-state index contributed by atoms with van der Waals surface area (Å²) in [5.41, 5.74) is 9.56. The Hall–Kier alpha value is -4.07. The number of anilines is 1. The third-order valence-electron chi connectivity index (χ3n) is 4.39. The fourth-order valence-corrected chi connectivity index (χ4v) is 3.13. The van der Waals surface area contributed by atoms with Crippen LogP contribution in [0.15, 0.2) is 60.7 Å². The number of nitrogens with one attached hydrogen (secondary N) is 1. The molecule has 1 saturated heterocycles. The molecule has 1 aliphatic heterocycles. The van der Waals surface area contributed by atoms with Crippen molar-refractivity contribution in [1.82, 2.24) is 5.43 Å². The molecule has 1 fully saturated rings. The Bertz CT molecular complexity index is 1050. The highest BCUT2D eigenvalue weighted by Gasteiger charge is 2.34. The van der Waals surface area contributed by atoms with E-state index in [0.717, 1.165) is 0 Å². The number of allylic oxidation sites excluding steroid dienone is 1. The fourth-order valence-electron chi connectivity index (χ4n) is 3.13. The lowest BCUT2D eigenvalue weighted by molar-refractivity contribution is -0.120. The topological polar surface area (TPSA) is 111 Å². The van der Waals surface area contributed by atoms with Crippen LogP contribution >= 0.6 is 0 Å². The highest BCUT2D eigenvalue weighted by molar-refractivity contribution is 6.31. The van der Waals surface area contributed by atoms with Crippen molar-refractivity contribution in [3.63, 3.8) is 0 Å². The van der Waals surface area contributed by atoms with Crippen LogP contribution in [0.1, 0.15) is 18.1 Å². The maximum Gasteiger partial charge on any atom is 0.282 e. The number of carbonyl (C=O) groups excluding carboxylic acids is 3. The number of benzene rings is 2. The average Bonchev–Trinajstić information content (AvgIpc) is 3.02. The quantitative estimate of drug-likeness (QED) is 0.366. The number of rotatable bonds is 9. The summed E-state index contributed by atoms with van der Waals surface area (Å²) in [6.07, 6.45) is 3.58. The van der Waals surface area contributed by atoms with Gasteiger partial charge in [0.15, 0.2) is 18.1 Å². The van der Waals surface area contributed by atoms with Crippen molar-refractivity contribution in [2.75, 3.05) is 18.2 Å². The number of carbonyl (C=O) groups is 3. The highest BCUT2D eigenvalue weighted by atomic mass is 16.5. The van der Waals surface area contributed by atoms with Crippen molar-refractivity contribution in [3.8, 4) is 11.5 Å². The van der Waals surface area contributed by atoms with Gasteiger partial charge in [-0.15, -0.1) is 6.58 Å². The molecule has 31 heavy (non-hydrogen) atoms. The zero-order valence-corrected chi connectivity index (χ0v) is 17.1. The minimum absolute atomic E-state index is 0.0124. The number of ether oxygens (including phenoxy) is 2. The summed E-state index contributed by atoms with van der Waals surface area (Å²) in [5.74, 6) is -0.844. The number of nitrogens with zero attached hydrogens (tertiary/aromatic N) is 1. The van der Waals surface area contributed by atoms with E-state index in [1.54, 1.807) is 42.5 Å². The van der Waals surface area contributed by atoms with E-state index in [1.807, 2.05) is 13.0 Å². The number of amides is 3.